The predicted molar refractivity (Wildman–Crippen MR) is 132 cm³/mol. The van der Waals surface area contributed by atoms with Crippen molar-refractivity contribution in [3.05, 3.63) is 113 Å². The molecule has 0 bridgehead atoms. The number of hydrogen-bond donors (Lipinski definition) is 3. The number of aliphatic hydroxyl groups is 1. The average Bonchev–Trinajstić information content (AvgIpc) is 3.31. The zero-order valence-corrected chi connectivity index (χ0v) is 19.8. The SMILES string of the molecule is CCN1/C(=C\C=N)C2(Cc3ccccc3C2)c2ccccc21.N=C(O)Cc1ccccc1.[Co]. The fourth-order valence-electron chi connectivity index (χ4n) is 5.08. The zero-order valence-electron chi connectivity index (χ0n) is 18.7. The van der Waals surface area contributed by atoms with Gasteiger partial charge in [0.1, 0.15) is 0 Å². The molecule has 1 radical (unpaired) electrons. The van der Waals surface area contributed by atoms with Crippen LogP contribution in [0.1, 0.15) is 29.2 Å². The van der Waals surface area contributed by atoms with E-state index in [2.05, 4.69) is 60.4 Å². The molecular formula is C28H29CoN3O. The van der Waals surface area contributed by atoms with E-state index in [4.69, 9.17) is 15.9 Å². The van der Waals surface area contributed by atoms with Gasteiger partial charge in [-0.1, -0.05) is 72.8 Å². The smallest absolute Gasteiger partial charge is 0.182 e. The molecule has 33 heavy (non-hydrogen) atoms. The van der Waals surface area contributed by atoms with Crippen LogP contribution in [0.2, 0.25) is 0 Å². The second-order valence-electron chi connectivity index (χ2n) is 8.29. The topological polar surface area (TPSA) is 71.2 Å². The summed E-state index contributed by atoms with van der Waals surface area (Å²) in [6.07, 6.45) is 5.84. The molecule has 0 amide bonds. The number of hydrogen-bond acceptors (Lipinski definition) is 3. The first kappa shape index (κ1) is 24.5. The molecule has 5 heteroatoms. The summed E-state index contributed by atoms with van der Waals surface area (Å²) in [4.78, 5) is 2.38. The van der Waals surface area contributed by atoms with Gasteiger partial charge in [-0.25, -0.2) is 0 Å². The van der Waals surface area contributed by atoms with Gasteiger partial charge in [0.25, 0.3) is 0 Å². The van der Waals surface area contributed by atoms with Crippen molar-refractivity contribution in [1.82, 2.24) is 0 Å². The number of benzene rings is 3. The molecule has 3 N–H and O–H groups in total. The number of anilines is 1. The summed E-state index contributed by atoms with van der Waals surface area (Å²) < 4.78 is 0. The molecular weight excluding hydrogens is 453 g/mol. The maximum atomic E-state index is 8.59. The summed E-state index contributed by atoms with van der Waals surface area (Å²) in [7, 11) is 0. The molecule has 0 fully saturated rings. The van der Waals surface area contributed by atoms with E-state index >= 15 is 0 Å². The van der Waals surface area contributed by atoms with Gasteiger partial charge in [-0.3, -0.25) is 5.41 Å². The van der Waals surface area contributed by atoms with E-state index in [1.54, 1.807) is 0 Å². The molecule has 0 saturated heterocycles. The van der Waals surface area contributed by atoms with E-state index in [-0.39, 0.29) is 28.1 Å². The molecule has 171 valence electrons. The second-order valence-corrected chi connectivity index (χ2v) is 8.29. The third kappa shape index (κ3) is 4.80. The normalized spacial score (nSPS) is 15.8. The molecule has 1 heterocycles. The van der Waals surface area contributed by atoms with Gasteiger partial charge in [0.2, 0.25) is 0 Å². The Kier molecular flexibility index (Phi) is 7.90. The van der Waals surface area contributed by atoms with Crippen molar-refractivity contribution in [2.75, 3.05) is 11.4 Å². The van der Waals surface area contributed by atoms with Crippen molar-refractivity contribution in [2.45, 2.75) is 31.6 Å². The Balaban J connectivity index is 0.000000237. The molecule has 0 unspecified atom stereocenters. The fraction of sp³-hybridized carbons (Fsp3) is 0.214. The fourth-order valence-corrected chi connectivity index (χ4v) is 5.08. The molecule has 1 aliphatic carbocycles. The van der Waals surface area contributed by atoms with Gasteiger partial charge in [-0.15, -0.1) is 0 Å². The van der Waals surface area contributed by atoms with Crippen LogP contribution >= 0.6 is 0 Å². The molecule has 0 saturated carbocycles. The average molecular weight is 482 g/mol. The summed E-state index contributed by atoms with van der Waals surface area (Å²) in [6, 6.07) is 27.0. The number of allylic oxidation sites excluding steroid dienone is 2. The number of rotatable bonds is 4. The van der Waals surface area contributed by atoms with Crippen LogP contribution in [0.25, 0.3) is 0 Å². The van der Waals surface area contributed by atoms with E-state index < -0.39 is 0 Å². The van der Waals surface area contributed by atoms with Crippen LogP contribution in [0.15, 0.2) is 90.6 Å². The first-order valence-electron chi connectivity index (χ1n) is 11.0. The van der Waals surface area contributed by atoms with E-state index in [1.165, 1.54) is 34.3 Å². The quantitative estimate of drug-likeness (QED) is 0.322. The second kappa shape index (κ2) is 10.6. The van der Waals surface area contributed by atoms with Crippen LogP contribution in [-0.4, -0.2) is 23.8 Å². The molecule has 0 aromatic heterocycles. The molecule has 2 aliphatic rings. The van der Waals surface area contributed by atoms with Gasteiger partial charge < -0.3 is 15.4 Å². The molecule has 3 aromatic rings. The van der Waals surface area contributed by atoms with E-state index in [1.807, 2.05) is 36.4 Å². The largest absolute Gasteiger partial charge is 0.497 e. The molecule has 3 aromatic carbocycles. The van der Waals surface area contributed by atoms with Crippen LogP contribution < -0.4 is 4.90 Å². The Morgan fingerprint density at radius 1 is 0.939 bits per heavy atom. The van der Waals surface area contributed by atoms with Crippen LogP contribution in [0.3, 0.4) is 0 Å². The Morgan fingerprint density at radius 3 is 2.09 bits per heavy atom. The van der Waals surface area contributed by atoms with Gasteiger partial charge in [0, 0.05) is 52.8 Å². The first-order chi connectivity index (χ1) is 15.6. The van der Waals surface area contributed by atoms with Crippen molar-refractivity contribution in [1.29, 1.82) is 10.8 Å². The van der Waals surface area contributed by atoms with Crippen LogP contribution in [0.4, 0.5) is 5.69 Å². The summed E-state index contributed by atoms with van der Waals surface area (Å²) in [5, 5.41) is 23.0. The van der Waals surface area contributed by atoms with Crippen LogP contribution in [-0.2, 0) is 41.5 Å². The molecule has 1 aliphatic heterocycles. The maximum absolute atomic E-state index is 8.59. The molecule has 1 spiro atoms. The Morgan fingerprint density at radius 2 is 1.52 bits per heavy atom. The number of aliphatic hydroxyl groups excluding tert-OH is 1. The Bertz CT molecular complexity index is 1130. The van der Waals surface area contributed by atoms with Crippen LogP contribution in [0.5, 0.6) is 0 Å². The van der Waals surface area contributed by atoms with Gasteiger partial charge >= 0.3 is 0 Å². The minimum atomic E-state index is -0.286. The Hall–Kier alpha value is -3.15. The maximum Gasteiger partial charge on any atom is 0.182 e. The third-order valence-electron chi connectivity index (χ3n) is 6.37. The zero-order chi connectivity index (χ0) is 22.6. The van der Waals surface area contributed by atoms with Crippen molar-refractivity contribution in [2.24, 2.45) is 0 Å². The van der Waals surface area contributed by atoms with Crippen molar-refractivity contribution >= 4 is 17.8 Å². The summed E-state index contributed by atoms with van der Waals surface area (Å²) >= 11 is 0. The number of likely N-dealkylation sites (N-methyl/N-ethyl adjacent to an activating group) is 1. The summed E-state index contributed by atoms with van der Waals surface area (Å²) in [5.74, 6) is -0.286. The number of para-hydroxylation sites is 1. The van der Waals surface area contributed by atoms with Gasteiger partial charge in [0.15, 0.2) is 5.90 Å². The number of fused-ring (bicyclic) bond motifs is 3. The van der Waals surface area contributed by atoms with Gasteiger partial charge in [-0.05, 0) is 54.2 Å². The van der Waals surface area contributed by atoms with Crippen molar-refractivity contribution in [3.63, 3.8) is 0 Å². The first-order valence-corrected chi connectivity index (χ1v) is 11.0. The van der Waals surface area contributed by atoms with Gasteiger partial charge in [-0.2, -0.15) is 0 Å². The summed E-state index contributed by atoms with van der Waals surface area (Å²) in [6.45, 7) is 3.13. The van der Waals surface area contributed by atoms with Crippen molar-refractivity contribution < 1.29 is 21.9 Å². The van der Waals surface area contributed by atoms with E-state index in [9.17, 15) is 0 Å². The molecule has 0 atom stereocenters. The van der Waals surface area contributed by atoms with E-state index in [0.717, 1.165) is 24.9 Å². The molecule has 5 rings (SSSR count). The predicted octanol–water partition coefficient (Wildman–Crippen LogP) is 5.86. The van der Waals surface area contributed by atoms with Gasteiger partial charge in [0.05, 0.1) is 0 Å². The number of nitrogens with one attached hydrogen (secondary N) is 2. The summed E-state index contributed by atoms with van der Waals surface area (Å²) in [5.41, 5.74) is 7.88. The molecule has 4 nitrogen and oxygen atoms in total. The Labute approximate surface area is 206 Å². The minimum absolute atomic E-state index is 0. The minimum Gasteiger partial charge on any atom is -0.497 e. The monoisotopic (exact) mass is 482 g/mol. The van der Waals surface area contributed by atoms with Crippen molar-refractivity contribution in [3.8, 4) is 0 Å². The standard InChI is InChI=1S/C20H20N2.C8H9NO.Co/c1-2-22-18-10-6-5-9-17(18)20(19(22)11-12-21)13-15-7-3-4-8-16(15)14-20;9-8(10)6-7-4-2-1-3-5-7;/h3-12,21H,2,13-14H2,1H3;1-5H,6H2,(H2,9,10);/b19-11-,21-12?;;. The third-order valence-corrected chi connectivity index (χ3v) is 6.37. The van der Waals surface area contributed by atoms with Crippen LogP contribution in [0, 0.1) is 10.8 Å². The number of nitrogens with zero attached hydrogens (tertiary/aromatic N) is 1. The van der Waals surface area contributed by atoms with E-state index in [0.29, 0.717) is 6.42 Å².